The lowest BCUT2D eigenvalue weighted by Gasteiger charge is -2.17. The second-order valence-corrected chi connectivity index (χ2v) is 5.37. The highest BCUT2D eigenvalue weighted by molar-refractivity contribution is 14.1. The lowest BCUT2D eigenvalue weighted by Crippen LogP contribution is -2.19. The van der Waals surface area contributed by atoms with E-state index in [0.29, 0.717) is 6.04 Å². The molecular formula is C11H13ClIN. The van der Waals surface area contributed by atoms with E-state index in [-0.39, 0.29) is 0 Å². The Morgan fingerprint density at radius 1 is 1.50 bits per heavy atom. The summed E-state index contributed by atoms with van der Waals surface area (Å²) in [6, 6.07) is 6.61. The molecule has 14 heavy (non-hydrogen) atoms. The van der Waals surface area contributed by atoms with Crippen LogP contribution in [0, 0.1) is 9.49 Å². The molecule has 1 saturated carbocycles. The van der Waals surface area contributed by atoms with Crippen molar-refractivity contribution in [2.24, 2.45) is 5.92 Å². The van der Waals surface area contributed by atoms with E-state index in [4.69, 9.17) is 11.6 Å². The van der Waals surface area contributed by atoms with Gasteiger partial charge in [0, 0.05) is 14.6 Å². The van der Waals surface area contributed by atoms with E-state index in [2.05, 4.69) is 40.0 Å². The maximum Gasteiger partial charge on any atom is 0.0410 e. The molecule has 1 aliphatic rings. The molecule has 3 heteroatoms. The standard InChI is InChI=1S/C11H13ClIN/c1-14-11(7-2-3-7)9-6-8(12)4-5-10(9)13/h4-7,11,14H,2-3H2,1H3. The Kier molecular flexibility index (Phi) is 3.34. The number of hydrogen-bond acceptors (Lipinski definition) is 1. The van der Waals surface area contributed by atoms with Crippen LogP contribution in [0.5, 0.6) is 0 Å². The molecule has 0 bridgehead atoms. The first-order chi connectivity index (χ1) is 6.72. The van der Waals surface area contributed by atoms with Crippen LogP contribution >= 0.6 is 34.2 Å². The highest BCUT2D eigenvalue weighted by Crippen LogP contribution is 2.42. The summed E-state index contributed by atoms with van der Waals surface area (Å²) >= 11 is 8.39. The van der Waals surface area contributed by atoms with Crippen molar-refractivity contribution in [3.63, 3.8) is 0 Å². The highest BCUT2D eigenvalue weighted by atomic mass is 127. The van der Waals surface area contributed by atoms with Crippen molar-refractivity contribution >= 4 is 34.2 Å². The summed E-state index contributed by atoms with van der Waals surface area (Å²) in [4.78, 5) is 0. The van der Waals surface area contributed by atoms with Crippen LogP contribution in [0.3, 0.4) is 0 Å². The summed E-state index contributed by atoms with van der Waals surface area (Å²) in [5, 5.41) is 4.22. The molecular weight excluding hydrogens is 308 g/mol. The first kappa shape index (κ1) is 10.7. The maximum atomic E-state index is 6.01. The Morgan fingerprint density at radius 2 is 2.21 bits per heavy atom. The van der Waals surface area contributed by atoms with Crippen molar-refractivity contribution in [2.75, 3.05) is 7.05 Å². The van der Waals surface area contributed by atoms with Crippen LogP contribution < -0.4 is 5.32 Å². The van der Waals surface area contributed by atoms with Crippen molar-refractivity contribution in [2.45, 2.75) is 18.9 Å². The lowest BCUT2D eigenvalue weighted by molar-refractivity contribution is 0.527. The van der Waals surface area contributed by atoms with E-state index in [1.807, 2.05) is 13.1 Å². The van der Waals surface area contributed by atoms with Crippen molar-refractivity contribution in [3.8, 4) is 0 Å². The number of halogens is 2. The quantitative estimate of drug-likeness (QED) is 0.839. The molecule has 1 aromatic carbocycles. The normalized spacial score (nSPS) is 18.2. The Balaban J connectivity index is 2.32. The van der Waals surface area contributed by atoms with E-state index >= 15 is 0 Å². The molecule has 1 N–H and O–H groups in total. The van der Waals surface area contributed by atoms with E-state index in [9.17, 15) is 0 Å². The fraction of sp³-hybridized carbons (Fsp3) is 0.455. The largest absolute Gasteiger partial charge is 0.313 e. The van der Waals surface area contributed by atoms with Gasteiger partial charge in [0.05, 0.1) is 0 Å². The minimum atomic E-state index is 0.487. The molecule has 1 aliphatic carbocycles. The minimum Gasteiger partial charge on any atom is -0.313 e. The summed E-state index contributed by atoms with van der Waals surface area (Å²) in [6.45, 7) is 0. The Labute approximate surface area is 103 Å². The number of hydrogen-bond donors (Lipinski definition) is 1. The molecule has 0 radical (unpaired) electrons. The van der Waals surface area contributed by atoms with Gasteiger partial charge >= 0.3 is 0 Å². The summed E-state index contributed by atoms with van der Waals surface area (Å²) in [6.07, 6.45) is 2.68. The highest BCUT2D eigenvalue weighted by Gasteiger charge is 2.32. The second kappa shape index (κ2) is 4.37. The van der Waals surface area contributed by atoms with Crippen LogP contribution in [0.2, 0.25) is 5.02 Å². The molecule has 1 fully saturated rings. The number of nitrogens with one attached hydrogen (secondary N) is 1. The molecule has 1 atom stereocenters. The fourth-order valence-electron chi connectivity index (χ4n) is 1.83. The van der Waals surface area contributed by atoms with Crippen LogP contribution in [0.15, 0.2) is 18.2 Å². The maximum absolute atomic E-state index is 6.01. The van der Waals surface area contributed by atoms with E-state index in [0.717, 1.165) is 10.9 Å². The topological polar surface area (TPSA) is 12.0 Å². The van der Waals surface area contributed by atoms with E-state index in [1.54, 1.807) is 0 Å². The van der Waals surface area contributed by atoms with Crippen LogP contribution in [-0.4, -0.2) is 7.05 Å². The van der Waals surface area contributed by atoms with Gasteiger partial charge in [-0.1, -0.05) is 11.6 Å². The average Bonchev–Trinajstić information content (AvgIpc) is 2.96. The van der Waals surface area contributed by atoms with Crippen molar-refractivity contribution in [1.29, 1.82) is 0 Å². The molecule has 1 nitrogen and oxygen atoms in total. The van der Waals surface area contributed by atoms with E-state index < -0.39 is 0 Å². The van der Waals surface area contributed by atoms with Gasteiger partial charge in [0.1, 0.15) is 0 Å². The molecule has 0 aliphatic heterocycles. The lowest BCUT2D eigenvalue weighted by atomic mass is 10.0. The Bertz CT molecular complexity index is 336. The molecule has 1 unspecified atom stereocenters. The molecule has 0 aromatic heterocycles. The average molecular weight is 322 g/mol. The predicted molar refractivity (Wildman–Crippen MR) is 68.7 cm³/mol. The molecule has 2 rings (SSSR count). The monoisotopic (exact) mass is 321 g/mol. The van der Waals surface area contributed by atoms with Gasteiger partial charge in [-0.05, 0) is 72.2 Å². The zero-order valence-corrected chi connectivity index (χ0v) is 11.0. The molecule has 76 valence electrons. The van der Waals surface area contributed by atoms with Crippen LogP contribution in [0.4, 0.5) is 0 Å². The Hall–Kier alpha value is 0.200. The zero-order chi connectivity index (χ0) is 10.1. The predicted octanol–water partition coefficient (Wildman–Crippen LogP) is 3.62. The smallest absolute Gasteiger partial charge is 0.0410 e. The van der Waals surface area contributed by atoms with Gasteiger partial charge in [-0.15, -0.1) is 0 Å². The first-order valence-corrected chi connectivity index (χ1v) is 6.30. The molecule has 0 spiro atoms. The van der Waals surface area contributed by atoms with Crippen LogP contribution in [0.1, 0.15) is 24.4 Å². The summed E-state index contributed by atoms with van der Waals surface area (Å²) in [5.41, 5.74) is 1.35. The van der Waals surface area contributed by atoms with Gasteiger partial charge in [0.2, 0.25) is 0 Å². The summed E-state index contributed by atoms with van der Waals surface area (Å²) < 4.78 is 1.30. The zero-order valence-electron chi connectivity index (χ0n) is 8.06. The molecule has 0 heterocycles. The third-order valence-electron chi connectivity index (χ3n) is 2.70. The van der Waals surface area contributed by atoms with Gasteiger partial charge in [-0.2, -0.15) is 0 Å². The van der Waals surface area contributed by atoms with Gasteiger partial charge < -0.3 is 5.32 Å². The Morgan fingerprint density at radius 3 is 2.79 bits per heavy atom. The summed E-state index contributed by atoms with van der Waals surface area (Å²) in [5.74, 6) is 0.812. The SMILES string of the molecule is CNC(c1cc(Cl)ccc1I)C1CC1. The number of benzene rings is 1. The van der Waals surface area contributed by atoms with Crippen LogP contribution in [-0.2, 0) is 0 Å². The summed E-state index contributed by atoms with van der Waals surface area (Å²) in [7, 11) is 2.03. The van der Waals surface area contributed by atoms with Crippen LogP contribution in [0.25, 0.3) is 0 Å². The molecule has 1 aromatic rings. The minimum absolute atomic E-state index is 0.487. The third kappa shape index (κ3) is 2.23. The van der Waals surface area contributed by atoms with Gasteiger partial charge in [0.15, 0.2) is 0 Å². The number of rotatable bonds is 3. The van der Waals surface area contributed by atoms with E-state index in [1.165, 1.54) is 22.0 Å². The van der Waals surface area contributed by atoms with Gasteiger partial charge in [-0.3, -0.25) is 0 Å². The molecule has 0 saturated heterocycles. The van der Waals surface area contributed by atoms with Crippen molar-refractivity contribution < 1.29 is 0 Å². The third-order valence-corrected chi connectivity index (χ3v) is 3.92. The van der Waals surface area contributed by atoms with Gasteiger partial charge in [-0.25, -0.2) is 0 Å². The fourth-order valence-corrected chi connectivity index (χ4v) is 2.68. The molecule has 0 amide bonds. The second-order valence-electron chi connectivity index (χ2n) is 3.77. The van der Waals surface area contributed by atoms with Crippen molar-refractivity contribution in [3.05, 3.63) is 32.4 Å². The van der Waals surface area contributed by atoms with Crippen molar-refractivity contribution in [1.82, 2.24) is 5.32 Å². The first-order valence-electron chi connectivity index (χ1n) is 4.84. The van der Waals surface area contributed by atoms with Gasteiger partial charge in [0.25, 0.3) is 0 Å².